The topological polar surface area (TPSA) is 164 Å². The molecule has 4 rings (SSSR count). The minimum atomic E-state index is -0.478. The van der Waals surface area contributed by atoms with Crippen LogP contribution in [-0.4, -0.2) is 75.5 Å². The third kappa shape index (κ3) is 5.60. The van der Waals surface area contributed by atoms with Gasteiger partial charge < -0.3 is 25.6 Å². The Bertz CT molecular complexity index is 1330. The van der Waals surface area contributed by atoms with Crippen LogP contribution < -0.4 is 20.7 Å². The molecule has 1 saturated carbocycles. The number of aromatic nitrogens is 5. The molecule has 13 heteroatoms. The highest BCUT2D eigenvalue weighted by Gasteiger charge is 2.30. The lowest BCUT2D eigenvalue weighted by molar-refractivity contribution is -0.117. The van der Waals surface area contributed by atoms with Crippen molar-refractivity contribution in [3.63, 3.8) is 0 Å². The van der Waals surface area contributed by atoms with Gasteiger partial charge >= 0.3 is 0 Å². The third-order valence-electron chi connectivity index (χ3n) is 5.77. The smallest absolute Gasteiger partial charge is 0.273 e. The molecule has 192 valence electrons. The van der Waals surface area contributed by atoms with Crippen LogP contribution >= 0.6 is 0 Å². The third-order valence-corrected chi connectivity index (χ3v) is 5.77. The number of ether oxygens (including phenoxy) is 1. The fourth-order valence-electron chi connectivity index (χ4n) is 3.40. The molecule has 0 saturated heterocycles. The number of carbonyl (C=O) groups is 3. The summed E-state index contributed by atoms with van der Waals surface area (Å²) in [5.74, 6) is -0.0902. The Morgan fingerprint density at radius 3 is 2.54 bits per heavy atom. The number of amides is 3. The van der Waals surface area contributed by atoms with Crippen LogP contribution in [0.5, 0.6) is 5.75 Å². The van der Waals surface area contributed by atoms with Crippen molar-refractivity contribution in [2.24, 2.45) is 5.92 Å². The maximum atomic E-state index is 12.4. The normalized spacial score (nSPS) is 12.4. The number of methoxy groups -OCH3 is 1. The molecule has 0 atom stereocenters. The number of hydrogen-bond donors (Lipinski definition) is 3. The molecule has 3 aromatic rings. The molecule has 1 fully saturated rings. The second-order valence-electron chi connectivity index (χ2n) is 8.31. The zero-order valence-corrected chi connectivity index (χ0v) is 20.9. The van der Waals surface area contributed by atoms with E-state index in [2.05, 4.69) is 41.1 Å². The first-order valence-corrected chi connectivity index (χ1v) is 11.6. The Morgan fingerprint density at radius 2 is 1.92 bits per heavy atom. The summed E-state index contributed by atoms with van der Waals surface area (Å²) >= 11 is 0. The van der Waals surface area contributed by atoms with Gasteiger partial charge in [-0.3, -0.25) is 19.4 Å². The predicted molar refractivity (Wildman–Crippen MR) is 135 cm³/mol. The number of rotatable bonds is 9. The maximum Gasteiger partial charge on any atom is 0.273 e. The van der Waals surface area contributed by atoms with E-state index >= 15 is 0 Å². The molecule has 3 N–H and O–H groups in total. The van der Waals surface area contributed by atoms with Gasteiger partial charge in [0.25, 0.3) is 11.8 Å². The second kappa shape index (κ2) is 10.9. The fraction of sp³-hybridized carbons (Fsp3) is 0.333. The van der Waals surface area contributed by atoms with Gasteiger partial charge in [-0.2, -0.15) is 0 Å². The van der Waals surface area contributed by atoms with Crippen LogP contribution in [0.3, 0.4) is 0 Å². The first-order valence-electron chi connectivity index (χ1n) is 11.6. The quantitative estimate of drug-likeness (QED) is 0.391. The van der Waals surface area contributed by atoms with E-state index in [9.17, 15) is 14.4 Å². The fourth-order valence-corrected chi connectivity index (χ4v) is 3.40. The minimum Gasteiger partial charge on any atom is -0.492 e. The number of nitrogens with zero attached hydrogens (tertiary/aromatic N) is 6. The Balaban J connectivity index is 1.67. The first kappa shape index (κ1) is 25.4. The Hall–Kier alpha value is -4.68. The molecule has 3 amide bonds. The van der Waals surface area contributed by atoms with Gasteiger partial charge in [0.05, 0.1) is 30.9 Å². The van der Waals surface area contributed by atoms with Crippen molar-refractivity contribution in [1.82, 2.24) is 35.4 Å². The van der Waals surface area contributed by atoms with Gasteiger partial charge in [-0.1, -0.05) is 0 Å². The number of hydrogen-bond acceptors (Lipinski definition) is 10. The van der Waals surface area contributed by atoms with Crippen LogP contribution in [0.25, 0.3) is 11.3 Å². The Labute approximate surface area is 213 Å². The van der Waals surface area contributed by atoms with Crippen molar-refractivity contribution >= 4 is 35.0 Å². The van der Waals surface area contributed by atoms with Crippen LogP contribution in [0.15, 0.2) is 30.7 Å². The molecule has 0 unspecified atom stereocenters. The standard InChI is InChI=1S/C24H27N9O4/c1-5-33(3)24(36)17-12-27-16(11-28-17)14-8-9-26-21(20(14)37-4)29-15-10-18(30-22(34)13-6-7-13)31-32-19(15)23(35)25-2/h8-13H,5-7H2,1-4H3,(H,25,35)(H2,26,29,30,31,34). The highest BCUT2D eigenvalue weighted by molar-refractivity contribution is 6.00. The van der Waals surface area contributed by atoms with Crippen LogP contribution in [-0.2, 0) is 4.79 Å². The summed E-state index contributed by atoms with van der Waals surface area (Å²) in [6, 6.07) is 3.20. The van der Waals surface area contributed by atoms with E-state index in [1.807, 2.05) is 6.92 Å². The Kier molecular flexibility index (Phi) is 7.51. The van der Waals surface area contributed by atoms with E-state index in [-0.39, 0.29) is 46.4 Å². The van der Waals surface area contributed by atoms with Gasteiger partial charge in [0, 0.05) is 44.4 Å². The SMILES string of the molecule is CCN(C)C(=O)c1cnc(-c2ccnc(Nc3cc(NC(=O)C4CC4)nnc3C(=O)NC)c2OC)cn1. The molecule has 0 aromatic carbocycles. The van der Waals surface area contributed by atoms with Crippen LogP contribution in [0.1, 0.15) is 40.7 Å². The summed E-state index contributed by atoms with van der Waals surface area (Å²) in [6.45, 7) is 2.41. The lowest BCUT2D eigenvalue weighted by atomic mass is 10.1. The predicted octanol–water partition coefficient (Wildman–Crippen LogP) is 1.88. The number of nitrogens with one attached hydrogen (secondary N) is 3. The Morgan fingerprint density at radius 1 is 1.14 bits per heavy atom. The van der Waals surface area contributed by atoms with Crippen LogP contribution in [0.2, 0.25) is 0 Å². The van der Waals surface area contributed by atoms with Crippen molar-refractivity contribution in [2.75, 3.05) is 38.4 Å². The molecular formula is C24H27N9O4. The molecular weight excluding hydrogens is 478 g/mol. The molecule has 37 heavy (non-hydrogen) atoms. The molecule has 0 spiro atoms. The monoisotopic (exact) mass is 505 g/mol. The van der Waals surface area contributed by atoms with Gasteiger partial charge in [-0.25, -0.2) is 9.97 Å². The van der Waals surface area contributed by atoms with E-state index < -0.39 is 5.91 Å². The highest BCUT2D eigenvalue weighted by atomic mass is 16.5. The number of pyridine rings is 1. The lowest BCUT2D eigenvalue weighted by Crippen LogP contribution is -2.27. The summed E-state index contributed by atoms with van der Waals surface area (Å²) in [4.78, 5) is 51.5. The summed E-state index contributed by atoms with van der Waals surface area (Å²) in [5.41, 5.74) is 1.50. The minimum absolute atomic E-state index is 0.00359. The molecule has 3 heterocycles. The largest absolute Gasteiger partial charge is 0.492 e. The van der Waals surface area contributed by atoms with Crippen LogP contribution in [0, 0.1) is 5.92 Å². The maximum absolute atomic E-state index is 12.4. The van der Waals surface area contributed by atoms with Gasteiger partial charge in [-0.05, 0) is 25.8 Å². The molecule has 1 aliphatic carbocycles. The molecule has 0 radical (unpaired) electrons. The van der Waals surface area contributed by atoms with E-state index in [0.29, 0.717) is 23.6 Å². The summed E-state index contributed by atoms with van der Waals surface area (Å²) < 4.78 is 5.62. The molecule has 0 aliphatic heterocycles. The van der Waals surface area contributed by atoms with Gasteiger partial charge in [0.1, 0.15) is 5.69 Å². The highest BCUT2D eigenvalue weighted by Crippen LogP contribution is 2.36. The van der Waals surface area contributed by atoms with E-state index in [4.69, 9.17) is 4.74 Å². The van der Waals surface area contributed by atoms with Crippen LogP contribution in [0.4, 0.5) is 17.3 Å². The average Bonchev–Trinajstić information content (AvgIpc) is 3.78. The van der Waals surface area contributed by atoms with E-state index in [0.717, 1.165) is 12.8 Å². The van der Waals surface area contributed by atoms with Gasteiger partial charge in [0.2, 0.25) is 5.91 Å². The van der Waals surface area contributed by atoms with Gasteiger partial charge in [-0.15, -0.1) is 10.2 Å². The lowest BCUT2D eigenvalue weighted by Gasteiger charge is -2.16. The average molecular weight is 506 g/mol. The molecule has 3 aromatic heterocycles. The first-order chi connectivity index (χ1) is 17.9. The van der Waals surface area contributed by atoms with Crippen molar-refractivity contribution in [1.29, 1.82) is 0 Å². The number of carbonyl (C=O) groups excluding carboxylic acids is 3. The summed E-state index contributed by atoms with van der Waals surface area (Å²) in [6.07, 6.45) is 6.09. The number of anilines is 3. The zero-order chi connectivity index (χ0) is 26.5. The van der Waals surface area contributed by atoms with Crippen molar-refractivity contribution in [2.45, 2.75) is 19.8 Å². The second-order valence-corrected chi connectivity index (χ2v) is 8.31. The van der Waals surface area contributed by atoms with E-state index in [1.165, 1.54) is 43.7 Å². The van der Waals surface area contributed by atoms with Crippen molar-refractivity contribution in [3.05, 3.63) is 42.1 Å². The molecule has 13 nitrogen and oxygen atoms in total. The molecule has 0 bridgehead atoms. The summed E-state index contributed by atoms with van der Waals surface area (Å²) in [7, 11) is 4.63. The van der Waals surface area contributed by atoms with Crippen molar-refractivity contribution in [3.8, 4) is 17.0 Å². The van der Waals surface area contributed by atoms with Crippen molar-refractivity contribution < 1.29 is 19.1 Å². The van der Waals surface area contributed by atoms with E-state index in [1.54, 1.807) is 13.1 Å². The van der Waals surface area contributed by atoms with Gasteiger partial charge in [0.15, 0.2) is 23.1 Å². The summed E-state index contributed by atoms with van der Waals surface area (Å²) in [5, 5.41) is 16.3. The molecule has 1 aliphatic rings. The zero-order valence-electron chi connectivity index (χ0n) is 20.9.